The summed E-state index contributed by atoms with van der Waals surface area (Å²) < 4.78 is 29.8. The van der Waals surface area contributed by atoms with Crippen LogP contribution < -0.4 is 4.72 Å². The van der Waals surface area contributed by atoms with Gasteiger partial charge in [-0.2, -0.15) is 0 Å². The fourth-order valence-electron chi connectivity index (χ4n) is 2.16. The van der Waals surface area contributed by atoms with Gasteiger partial charge < -0.3 is 4.72 Å². The minimum absolute atomic E-state index is 0.686. The Hall–Kier alpha value is -1.85. The van der Waals surface area contributed by atoms with Crippen molar-refractivity contribution >= 4 is 29.0 Å². The van der Waals surface area contributed by atoms with E-state index in [0.29, 0.717) is 5.56 Å². The molecule has 1 heterocycles. The first-order valence-corrected chi connectivity index (χ1v) is 8.72. The molecule has 23 heavy (non-hydrogen) atoms. The number of aryl methyl sites for hydroxylation is 2. The number of halogens is 2. The van der Waals surface area contributed by atoms with E-state index in [0.717, 1.165) is 26.4 Å². The largest absolute Gasteiger partial charge is 0.325 e. The van der Waals surface area contributed by atoms with Crippen molar-refractivity contribution in [2.75, 3.05) is 4.72 Å². The molecule has 0 saturated heterocycles. The number of rotatable bonds is 4. The molecule has 0 radical (unpaired) electrons. The van der Waals surface area contributed by atoms with Crippen LogP contribution in [0.1, 0.15) is 10.4 Å². The van der Waals surface area contributed by atoms with Gasteiger partial charge in [0.15, 0.2) is 11.6 Å². The third-order valence-electron chi connectivity index (χ3n) is 3.49. The Bertz CT molecular complexity index is 843. The van der Waals surface area contributed by atoms with Gasteiger partial charge in [-0.25, -0.2) is 8.78 Å². The average molecular weight is 347 g/mol. The molecule has 3 rings (SSSR count). The average Bonchev–Trinajstić information content (AvgIpc) is 2.90. The first kappa shape index (κ1) is 16.0. The van der Waals surface area contributed by atoms with E-state index < -0.39 is 11.6 Å². The Labute approximate surface area is 142 Å². The smallest absolute Gasteiger partial charge is 0.159 e. The predicted octanol–water partition coefficient (Wildman–Crippen LogP) is 6.43. The van der Waals surface area contributed by atoms with Crippen LogP contribution in [0, 0.1) is 25.5 Å². The lowest BCUT2D eigenvalue weighted by molar-refractivity contribution is 0.509. The molecule has 118 valence electrons. The highest BCUT2D eigenvalue weighted by atomic mass is 32.2. The molecule has 0 amide bonds. The molecule has 2 aromatic carbocycles. The summed E-state index contributed by atoms with van der Waals surface area (Å²) in [5, 5.41) is 0. The van der Waals surface area contributed by atoms with Crippen LogP contribution in [0.2, 0.25) is 0 Å². The highest BCUT2D eigenvalue weighted by Gasteiger charge is 2.10. The molecule has 0 bridgehead atoms. The number of benzene rings is 2. The van der Waals surface area contributed by atoms with E-state index in [9.17, 15) is 8.78 Å². The van der Waals surface area contributed by atoms with E-state index in [2.05, 4.69) is 23.8 Å². The van der Waals surface area contributed by atoms with Crippen LogP contribution in [-0.4, -0.2) is 0 Å². The van der Waals surface area contributed by atoms with Crippen molar-refractivity contribution in [1.82, 2.24) is 0 Å². The lowest BCUT2D eigenvalue weighted by Crippen LogP contribution is -1.88. The molecule has 0 saturated carbocycles. The summed E-state index contributed by atoms with van der Waals surface area (Å²) >= 11 is 3.11. The van der Waals surface area contributed by atoms with Crippen LogP contribution in [-0.2, 0) is 0 Å². The Morgan fingerprint density at radius 3 is 2.48 bits per heavy atom. The molecular weight excluding hydrogens is 332 g/mol. The van der Waals surface area contributed by atoms with E-state index in [-0.39, 0.29) is 0 Å². The quantitative estimate of drug-likeness (QED) is 0.546. The van der Waals surface area contributed by atoms with E-state index >= 15 is 0 Å². The van der Waals surface area contributed by atoms with Crippen LogP contribution in [0.25, 0.3) is 10.4 Å². The maximum Gasteiger partial charge on any atom is 0.159 e. The summed E-state index contributed by atoms with van der Waals surface area (Å²) in [4.78, 5) is 3.17. The van der Waals surface area contributed by atoms with E-state index in [1.165, 1.54) is 11.6 Å². The molecule has 5 heteroatoms. The summed E-state index contributed by atoms with van der Waals surface area (Å²) in [5.41, 5.74) is 2.88. The monoisotopic (exact) mass is 347 g/mol. The number of thiophene rings is 1. The van der Waals surface area contributed by atoms with E-state index in [1.807, 2.05) is 25.1 Å². The van der Waals surface area contributed by atoms with Crippen molar-refractivity contribution in [1.29, 1.82) is 0 Å². The zero-order chi connectivity index (χ0) is 16.4. The van der Waals surface area contributed by atoms with Gasteiger partial charge in [0.25, 0.3) is 0 Å². The lowest BCUT2D eigenvalue weighted by atomic mass is 10.2. The molecule has 0 spiro atoms. The molecule has 1 nitrogen and oxygen atoms in total. The fourth-order valence-corrected chi connectivity index (χ4v) is 4.00. The van der Waals surface area contributed by atoms with Gasteiger partial charge in [0, 0.05) is 14.6 Å². The molecule has 1 N–H and O–H groups in total. The zero-order valence-electron chi connectivity index (χ0n) is 12.7. The molecule has 0 aliphatic heterocycles. The summed E-state index contributed by atoms with van der Waals surface area (Å²) in [6, 6.07) is 14.1. The van der Waals surface area contributed by atoms with Gasteiger partial charge in [0.2, 0.25) is 0 Å². The van der Waals surface area contributed by atoms with Gasteiger partial charge in [0.1, 0.15) is 0 Å². The van der Waals surface area contributed by atoms with Crippen LogP contribution in [0.5, 0.6) is 0 Å². The van der Waals surface area contributed by atoms with Gasteiger partial charge >= 0.3 is 0 Å². The van der Waals surface area contributed by atoms with Crippen molar-refractivity contribution in [3.8, 4) is 10.4 Å². The SMILES string of the molecule is Cc1ccccc1SNc1cc(-c2ccc(F)c(F)c2)sc1C. The molecule has 1 aromatic heterocycles. The Morgan fingerprint density at radius 2 is 1.74 bits per heavy atom. The summed E-state index contributed by atoms with van der Waals surface area (Å²) in [6.07, 6.45) is 0. The highest BCUT2D eigenvalue weighted by Crippen LogP contribution is 2.37. The van der Waals surface area contributed by atoms with Crippen LogP contribution in [0.3, 0.4) is 0 Å². The topological polar surface area (TPSA) is 12.0 Å². The first-order valence-electron chi connectivity index (χ1n) is 7.09. The van der Waals surface area contributed by atoms with Crippen molar-refractivity contribution in [2.24, 2.45) is 0 Å². The Kier molecular flexibility index (Phi) is 4.68. The first-order chi connectivity index (χ1) is 11.0. The second-order valence-corrected chi connectivity index (χ2v) is 7.28. The van der Waals surface area contributed by atoms with E-state index in [4.69, 9.17) is 0 Å². The molecule has 0 aliphatic rings. The summed E-state index contributed by atoms with van der Waals surface area (Å²) in [7, 11) is 0. The Balaban J connectivity index is 1.81. The number of anilines is 1. The highest BCUT2D eigenvalue weighted by molar-refractivity contribution is 8.00. The van der Waals surface area contributed by atoms with Crippen molar-refractivity contribution < 1.29 is 8.78 Å². The molecule has 0 aliphatic carbocycles. The van der Waals surface area contributed by atoms with Crippen LogP contribution >= 0.6 is 23.3 Å². The van der Waals surface area contributed by atoms with Gasteiger partial charge in [-0.1, -0.05) is 24.3 Å². The van der Waals surface area contributed by atoms with Crippen molar-refractivity contribution in [3.05, 3.63) is 70.6 Å². The van der Waals surface area contributed by atoms with Crippen molar-refractivity contribution in [3.63, 3.8) is 0 Å². The third kappa shape index (κ3) is 3.57. The number of hydrogen-bond acceptors (Lipinski definition) is 3. The summed E-state index contributed by atoms with van der Waals surface area (Å²) in [5.74, 6) is -1.65. The maximum atomic E-state index is 13.4. The molecule has 0 atom stereocenters. The third-order valence-corrected chi connectivity index (χ3v) is 5.59. The number of hydrogen-bond donors (Lipinski definition) is 1. The van der Waals surface area contributed by atoms with Crippen LogP contribution in [0.15, 0.2) is 53.4 Å². The summed E-state index contributed by atoms with van der Waals surface area (Å²) in [6.45, 7) is 4.08. The lowest BCUT2D eigenvalue weighted by Gasteiger charge is -2.06. The zero-order valence-corrected chi connectivity index (χ0v) is 14.3. The Morgan fingerprint density at radius 1 is 0.957 bits per heavy atom. The maximum absolute atomic E-state index is 13.4. The minimum atomic E-state index is -0.824. The normalized spacial score (nSPS) is 10.8. The van der Waals surface area contributed by atoms with Crippen molar-refractivity contribution in [2.45, 2.75) is 18.7 Å². The van der Waals surface area contributed by atoms with Crippen LogP contribution in [0.4, 0.5) is 14.5 Å². The van der Waals surface area contributed by atoms with Gasteiger partial charge in [-0.3, -0.25) is 0 Å². The molecule has 0 fully saturated rings. The van der Waals surface area contributed by atoms with E-state index in [1.54, 1.807) is 29.4 Å². The number of nitrogens with one attached hydrogen (secondary N) is 1. The second kappa shape index (κ2) is 6.72. The standard InChI is InChI=1S/C18H15F2NS2/c1-11-5-3-4-6-17(11)23-21-16-10-18(22-12(16)2)13-7-8-14(19)15(20)9-13/h3-10,21H,1-2H3. The second-order valence-electron chi connectivity index (χ2n) is 5.18. The molecular formula is C18H15F2NS2. The van der Waals surface area contributed by atoms with Gasteiger partial charge in [0.05, 0.1) is 5.69 Å². The predicted molar refractivity (Wildman–Crippen MR) is 95.1 cm³/mol. The van der Waals surface area contributed by atoms with Gasteiger partial charge in [-0.05, 0) is 61.2 Å². The fraction of sp³-hybridized carbons (Fsp3) is 0.111. The molecule has 3 aromatic rings. The minimum Gasteiger partial charge on any atom is -0.325 e. The van der Waals surface area contributed by atoms with Gasteiger partial charge in [-0.15, -0.1) is 11.3 Å². The molecule has 0 unspecified atom stereocenters.